The minimum atomic E-state index is -0.482. The van der Waals surface area contributed by atoms with E-state index in [9.17, 15) is 9.18 Å². The molecular formula is C30H30FN7O2. The molecule has 0 bridgehead atoms. The van der Waals surface area contributed by atoms with E-state index >= 15 is 0 Å². The van der Waals surface area contributed by atoms with E-state index in [2.05, 4.69) is 36.4 Å². The van der Waals surface area contributed by atoms with Crippen molar-refractivity contribution < 1.29 is 9.13 Å². The number of methoxy groups -OCH3 is 1. The van der Waals surface area contributed by atoms with Gasteiger partial charge in [0.15, 0.2) is 5.82 Å². The number of hydrogen-bond acceptors (Lipinski definition) is 7. The van der Waals surface area contributed by atoms with Crippen molar-refractivity contribution in [2.75, 3.05) is 38.2 Å². The van der Waals surface area contributed by atoms with E-state index < -0.39 is 6.04 Å². The van der Waals surface area contributed by atoms with Crippen molar-refractivity contribution in [2.24, 2.45) is 0 Å². The molecule has 0 aliphatic carbocycles. The minimum Gasteiger partial charge on any atom is -0.495 e. The van der Waals surface area contributed by atoms with Crippen LogP contribution in [-0.2, 0) is 6.54 Å². The number of nitrogens with zero attached hydrogens (tertiary/aromatic N) is 6. The third kappa shape index (κ3) is 4.93. The van der Waals surface area contributed by atoms with Gasteiger partial charge in [0, 0.05) is 31.7 Å². The number of pyridine rings is 1. The molecule has 5 aromatic rings. The summed E-state index contributed by atoms with van der Waals surface area (Å²) >= 11 is 0. The van der Waals surface area contributed by atoms with Crippen LogP contribution in [0, 0.1) is 12.7 Å². The van der Waals surface area contributed by atoms with Gasteiger partial charge in [-0.3, -0.25) is 9.69 Å². The molecule has 1 saturated heterocycles. The number of nitrogens with one attached hydrogen (secondary N) is 1. The van der Waals surface area contributed by atoms with Crippen LogP contribution in [0.15, 0.2) is 77.6 Å². The van der Waals surface area contributed by atoms with Crippen LogP contribution in [0.1, 0.15) is 28.6 Å². The second kappa shape index (κ2) is 10.9. The van der Waals surface area contributed by atoms with Crippen LogP contribution in [-0.4, -0.2) is 63.4 Å². The highest BCUT2D eigenvalue weighted by Crippen LogP contribution is 2.32. The van der Waals surface area contributed by atoms with Gasteiger partial charge in [0.1, 0.15) is 17.6 Å². The Labute approximate surface area is 230 Å². The molecule has 1 N–H and O–H groups in total. The zero-order chi connectivity index (χ0) is 27.6. The number of ether oxygens (including phenoxy) is 1. The fourth-order valence-corrected chi connectivity index (χ4v) is 5.50. The van der Waals surface area contributed by atoms with Crippen LogP contribution in [0.4, 0.5) is 10.1 Å². The molecule has 3 heterocycles. The van der Waals surface area contributed by atoms with Crippen molar-refractivity contribution >= 4 is 16.6 Å². The van der Waals surface area contributed by atoms with E-state index in [4.69, 9.17) is 4.74 Å². The van der Waals surface area contributed by atoms with E-state index in [0.717, 1.165) is 46.6 Å². The summed E-state index contributed by atoms with van der Waals surface area (Å²) in [5.41, 5.74) is 4.14. The molecule has 1 aliphatic heterocycles. The van der Waals surface area contributed by atoms with Crippen molar-refractivity contribution in [3.05, 3.63) is 111 Å². The standard InChI is InChI=1S/C30H30FN7O2/c1-20-6-5-7-22-18-24(30(39)32-27(20)22)28(29-33-34-35-38(29)19-21-10-12-23(31)13-11-21)37-16-14-36(15-17-37)25-8-3-4-9-26(25)40-2/h3-13,18,28H,14-17,19H2,1-2H3,(H,32,39)/t28-/m1/s1. The van der Waals surface area contributed by atoms with Gasteiger partial charge in [-0.25, -0.2) is 9.07 Å². The maximum absolute atomic E-state index is 13.6. The van der Waals surface area contributed by atoms with Gasteiger partial charge in [0.2, 0.25) is 0 Å². The van der Waals surface area contributed by atoms with Crippen molar-refractivity contribution in [3.63, 3.8) is 0 Å². The average Bonchev–Trinajstić information content (AvgIpc) is 3.43. The lowest BCUT2D eigenvalue weighted by atomic mass is 10.0. The van der Waals surface area contributed by atoms with E-state index in [1.165, 1.54) is 12.1 Å². The second-order valence-electron chi connectivity index (χ2n) is 10.0. The number of tetrazole rings is 1. The van der Waals surface area contributed by atoms with Crippen LogP contribution >= 0.6 is 0 Å². The molecule has 9 nitrogen and oxygen atoms in total. The Morgan fingerprint density at radius 2 is 1.77 bits per heavy atom. The van der Waals surface area contributed by atoms with Crippen LogP contribution in [0.5, 0.6) is 5.75 Å². The number of halogens is 1. The highest BCUT2D eigenvalue weighted by molar-refractivity contribution is 5.82. The number of aromatic amines is 1. The minimum absolute atomic E-state index is 0.171. The van der Waals surface area contributed by atoms with Gasteiger partial charge in [-0.2, -0.15) is 0 Å². The van der Waals surface area contributed by atoms with Crippen LogP contribution in [0.25, 0.3) is 10.9 Å². The molecule has 3 aromatic carbocycles. The second-order valence-corrected chi connectivity index (χ2v) is 10.0. The summed E-state index contributed by atoms with van der Waals surface area (Å²) in [4.78, 5) is 21.3. The number of anilines is 1. The molecule has 1 atom stereocenters. The molecule has 1 aliphatic rings. The first-order chi connectivity index (χ1) is 19.5. The Hall–Kier alpha value is -4.57. The summed E-state index contributed by atoms with van der Waals surface area (Å²) < 4.78 is 20.8. The maximum Gasteiger partial charge on any atom is 0.253 e. The topological polar surface area (TPSA) is 92.2 Å². The maximum atomic E-state index is 13.6. The Kier molecular flexibility index (Phi) is 7.00. The number of rotatable bonds is 7. The first-order valence-corrected chi connectivity index (χ1v) is 13.3. The number of aromatic nitrogens is 5. The summed E-state index contributed by atoms with van der Waals surface area (Å²) in [5.74, 6) is 1.09. The summed E-state index contributed by atoms with van der Waals surface area (Å²) in [6.45, 7) is 5.16. The molecule has 0 spiro atoms. The molecule has 0 unspecified atom stereocenters. The summed E-state index contributed by atoms with van der Waals surface area (Å²) in [5, 5.41) is 13.6. The summed E-state index contributed by atoms with van der Waals surface area (Å²) in [6, 6.07) is 21.7. The largest absolute Gasteiger partial charge is 0.495 e. The van der Waals surface area contributed by atoms with Crippen molar-refractivity contribution in [2.45, 2.75) is 19.5 Å². The van der Waals surface area contributed by atoms with Gasteiger partial charge >= 0.3 is 0 Å². The lowest BCUT2D eigenvalue weighted by molar-refractivity contribution is 0.200. The zero-order valence-corrected chi connectivity index (χ0v) is 22.4. The molecule has 0 amide bonds. The van der Waals surface area contributed by atoms with E-state index in [-0.39, 0.29) is 11.4 Å². The fraction of sp³-hybridized carbons (Fsp3) is 0.267. The molecule has 0 radical (unpaired) electrons. The quantitative estimate of drug-likeness (QED) is 0.335. The average molecular weight is 540 g/mol. The van der Waals surface area contributed by atoms with E-state index in [0.29, 0.717) is 31.0 Å². The first-order valence-electron chi connectivity index (χ1n) is 13.3. The Morgan fingerprint density at radius 3 is 2.55 bits per heavy atom. The molecule has 10 heteroatoms. The Morgan fingerprint density at radius 1 is 1.00 bits per heavy atom. The van der Waals surface area contributed by atoms with Gasteiger partial charge in [-0.15, -0.1) is 5.10 Å². The monoisotopic (exact) mass is 539 g/mol. The summed E-state index contributed by atoms with van der Waals surface area (Å²) in [7, 11) is 1.68. The smallest absolute Gasteiger partial charge is 0.253 e. The highest BCUT2D eigenvalue weighted by atomic mass is 19.1. The molecule has 204 valence electrons. The summed E-state index contributed by atoms with van der Waals surface area (Å²) in [6.07, 6.45) is 0. The number of H-pyrrole nitrogens is 1. The van der Waals surface area contributed by atoms with E-state index in [1.807, 2.05) is 49.4 Å². The third-order valence-electron chi connectivity index (χ3n) is 7.57. The lowest BCUT2D eigenvalue weighted by Crippen LogP contribution is -2.49. The predicted octanol–water partition coefficient (Wildman–Crippen LogP) is 3.93. The van der Waals surface area contributed by atoms with Gasteiger partial charge < -0.3 is 14.6 Å². The normalized spacial score (nSPS) is 14.9. The van der Waals surface area contributed by atoms with E-state index in [1.54, 1.807) is 23.9 Å². The van der Waals surface area contributed by atoms with Gasteiger partial charge in [-0.05, 0) is 64.2 Å². The number of hydrogen-bond donors (Lipinski definition) is 1. The zero-order valence-electron chi connectivity index (χ0n) is 22.4. The SMILES string of the molecule is COc1ccccc1N1CCN([C@H](c2cc3cccc(C)c3[nH]c2=O)c2nnnn2Cc2ccc(F)cc2)CC1. The molecule has 0 saturated carbocycles. The Balaban J connectivity index is 1.38. The van der Waals surface area contributed by atoms with Crippen LogP contribution in [0.3, 0.4) is 0 Å². The van der Waals surface area contributed by atoms with Crippen molar-refractivity contribution in [3.8, 4) is 5.75 Å². The third-order valence-corrected chi connectivity index (χ3v) is 7.57. The molecule has 2 aromatic heterocycles. The lowest BCUT2D eigenvalue weighted by Gasteiger charge is -2.40. The number of piperazine rings is 1. The van der Waals surface area contributed by atoms with Crippen LogP contribution < -0.4 is 15.2 Å². The molecule has 40 heavy (non-hydrogen) atoms. The van der Waals surface area contributed by atoms with Gasteiger partial charge in [-0.1, -0.05) is 42.5 Å². The fourth-order valence-electron chi connectivity index (χ4n) is 5.50. The highest BCUT2D eigenvalue weighted by Gasteiger charge is 2.33. The van der Waals surface area contributed by atoms with Gasteiger partial charge in [0.05, 0.1) is 24.9 Å². The number of para-hydroxylation sites is 3. The molecular weight excluding hydrogens is 509 g/mol. The van der Waals surface area contributed by atoms with Gasteiger partial charge in [0.25, 0.3) is 5.56 Å². The Bertz CT molecular complexity index is 1690. The predicted molar refractivity (Wildman–Crippen MR) is 151 cm³/mol. The molecule has 6 rings (SSSR count). The van der Waals surface area contributed by atoms with Crippen molar-refractivity contribution in [1.29, 1.82) is 0 Å². The molecule has 1 fully saturated rings. The number of fused-ring (bicyclic) bond motifs is 1. The number of aryl methyl sites for hydroxylation is 1. The number of benzene rings is 3. The van der Waals surface area contributed by atoms with Crippen molar-refractivity contribution in [1.82, 2.24) is 30.1 Å². The van der Waals surface area contributed by atoms with Crippen LogP contribution in [0.2, 0.25) is 0 Å². The first kappa shape index (κ1) is 25.7.